The smallest absolute Gasteiger partial charge is 0.0934 e. The van der Waals surface area contributed by atoms with Gasteiger partial charge in [-0.15, -0.1) is 0 Å². The van der Waals surface area contributed by atoms with Crippen LogP contribution in [0, 0.1) is 11.8 Å². The lowest BCUT2D eigenvalue weighted by molar-refractivity contribution is -0.0911. The Morgan fingerprint density at radius 1 is 1.36 bits per heavy atom. The molecule has 14 heavy (non-hydrogen) atoms. The van der Waals surface area contributed by atoms with Crippen molar-refractivity contribution < 1.29 is 14.6 Å². The van der Waals surface area contributed by atoms with E-state index in [1.165, 1.54) is 0 Å². The summed E-state index contributed by atoms with van der Waals surface area (Å²) in [5.41, 5.74) is -0.632. The number of rotatable bonds is 7. The highest BCUT2D eigenvalue weighted by molar-refractivity contribution is 4.97. The molecule has 0 radical (unpaired) electrons. The van der Waals surface area contributed by atoms with Gasteiger partial charge in [-0.1, -0.05) is 6.92 Å². The first-order valence-electron chi connectivity index (χ1n) is 5.35. The number of methoxy groups -OCH3 is 2. The van der Waals surface area contributed by atoms with Gasteiger partial charge in [-0.05, 0) is 31.1 Å². The third-order valence-electron chi connectivity index (χ3n) is 3.27. The second-order valence-corrected chi connectivity index (χ2v) is 4.38. The second kappa shape index (κ2) is 5.10. The summed E-state index contributed by atoms with van der Waals surface area (Å²) in [7, 11) is 3.34. The Labute approximate surface area is 86.4 Å². The molecular weight excluding hydrogens is 180 g/mol. The van der Waals surface area contributed by atoms with E-state index in [4.69, 9.17) is 9.47 Å². The van der Waals surface area contributed by atoms with E-state index >= 15 is 0 Å². The van der Waals surface area contributed by atoms with Gasteiger partial charge >= 0.3 is 0 Å². The molecule has 3 nitrogen and oxygen atoms in total. The molecule has 1 aliphatic carbocycles. The third kappa shape index (κ3) is 2.69. The zero-order chi connectivity index (χ0) is 10.6. The van der Waals surface area contributed by atoms with Crippen molar-refractivity contribution in [3.8, 4) is 0 Å². The maximum Gasteiger partial charge on any atom is 0.0934 e. The topological polar surface area (TPSA) is 38.7 Å². The minimum Gasteiger partial charge on any atom is -0.387 e. The van der Waals surface area contributed by atoms with E-state index in [1.54, 1.807) is 14.2 Å². The third-order valence-corrected chi connectivity index (χ3v) is 3.27. The molecule has 0 aromatic carbocycles. The summed E-state index contributed by atoms with van der Waals surface area (Å²) in [6.07, 6.45) is 3.17. The molecule has 84 valence electrons. The average molecular weight is 202 g/mol. The Morgan fingerprint density at radius 3 is 2.43 bits per heavy atom. The summed E-state index contributed by atoms with van der Waals surface area (Å²) in [5, 5.41) is 10.5. The van der Waals surface area contributed by atoms with Crippen molar-refractivity contribution in [3.05, 3.63) is 0 Å². The van der Waals surface area contributed by atoms with Crippen LogP contribution in [-0.4, -0.2) is 38.1 Å². The standard InChI is InChI=1S/C11H22O3/c1-9(6-7-13-2)11(12,8-14-3)10-4-5-10/h9-10,12H,4-8H2,1-3H3. The van der Waals surface area contributed by atoms with Crippen LogP contribution in [0.2, 0.25) is 0 Å². The Bertz CT molecular complexity index is 168. The highest BCUT2D eigenvalue weighted by Gasteiger charge is 2.47. The zero-order valence-corrected chi connectivity index (χ0v) is 9.45. The van der Waals surface area contributed by atoms with Crippen LogP contribution in [0.5, 0.6) is 0 Å². The summed E-state index contributed by atoms with van der Waals surface area (Å²) in [5.74, 6) is 0.684. The quantitative estimate of drug-likeness (QED) is 0.679. The van der Waals surface area contributed by atoms with E-state index in [9.17, 15) is 5.11 Å². The Kier molecular flexibility index (Phi) is 4.35. The molecule has 0 aliphatic heterocycles. The van der Waals surface area contributed by atoms with Gasteiger partial charge in [0, 0.05) is 20.8 Å². The summed E-state index contributed by atoms with van der Waals surface area (Å²) in [6.45, 7) is 3.23. The van der Waals surface area contributed by atoms with Crippen molar-refractivity contribution >= 4 is 0 Å². The Balaban J connectivity index is 2.47. The predicted octanol–water partition coefficient (Wildman–Crippen LogP) is 1.45. The van der Waals surface area contributed by atoms with E-state index in [1.807, 2.05) is 0 Å². The Morgan fingerprint density at radius 2 is 2.00 bits per heavy atom. The van der Waals surface area contributed by atoms with E-state index in [-0.39, 0.29) is 5.92 Å². The van der Waals surface area contributed by atoms with Crippen LogP contribution in [-0.2, 0) is 9.47 Å². The van der Waals surface area contributed by atoms with Crippen molar-refractivity contribution in [2.24, 2.45) is 11.8 Å². The Hall–Kier alpha value is -0.120. The zero-order valence-electron chi connectivity index (χ0n) is 9.45. The highest BCUT2D eigenvalue weighted by Crippen LogP contribution is 2.44. The maximum atomic E-state index is 10.5. The fraction of sp³-hybridized carbons (Fsp3) is 1.00. The van der Waals surface area contributed by atoms with Gasteiger partial charge in [-0.2, -0.15) is 0 Å². The molecule has 3 heteroatoms. The largest absolute Gasteiger partial charge is 0.387 e. The van der Waals surface area contributed by atoms with Gasteiger partial charge in [0.25, 0.3) is 0 Å². The SMILES string of the molecule is COCCC(C)C(O)(COC)C1CC1. The first-order chi connectivity index (χ1) is 6.65. The summed E-state index contributed by atoms with van der Waals surface area (Å²) >= 11 is 0. The van der Waals surface area contributed by atoms with Crippen molar-refractivity contribution in [2.45, 2.75) is 31.8 Å². The molecule has 1 fully saturated rings. The first-order valence-corrected chi connectivity index (χ1v) is 5.35. The van der Waals surface area contributed by atoms with Gasteiger partial charge in [0.15, 0.2) is 0 Å². The molecule has 1 saturated carbocycles. The number of hydrogen-bond donors (Lipinski definition) is 1. The molecule has 2 atom stereocenters. The van der Waals surface area contributed by atoms with E-state index in [0.29, 0.717) is 19.1 Å². The van der Waals surface area contributed by atoms with Crippen molar-refractivity contribution in [2.75, 3.05) is 27.4 Å². The summed E-state index contributed by atoms with van der Waals surface area (Å²) < 4.78 is 10.2. The molecule has 0 heterocycles. The van der Waals surface area contributed by atoms with Crippen LogP contribution in [0.4, 0.5) is 0 Å². The van der Waals surface area contributed by atoms with Gasteiger partial charge in [0.1, 0.15) is 0 Å². The van der Waals surface area contributed by atoms with Crippen molar-refractivity contribution in [1.29, 1.82) is 0 Å². The number of ether oxygens (including phenoxy) is 2. The molecule has 0 saturated heterocycles. The van der Waals surface area contributed by atoms with Gasteiger partial charge < -0.3 is 14.6 Å². The molecular formula is C11H22O3. The number of aliphatic hydroxyl groups is 1. The highest BCUT2D eigenvalue weighted by atomic mass is 16.5. The predicted molar refractivity (Wildman–Crippen MR) is 55.2 cm³/mol. The fourth-order valence-electron chi connectivity index (χ4n) is 2.02. The number of hydrogen-bond acceptors (Lipinski definition) is 3. The molecule has 0 aromatic heterocycles. The van der Waals surface area contributed by atoms with Crippen LogP contribution < -0.4 is 0 Å². The van der Waals surface area contributed by atoms with Crippen LogP contribution in [0.1, 0.15) is 26.2 Å². The lowest BCUT2D eigenvalue weighted by Crippen LogP contribution is -2.43. The lowest BCUT2D eigenvalue weighted by Gasteiger charge is -2.33. The molecule has 0 bridgehead atoms. The average Bonchev–Trinajstić information content (AvgIpc) is 2.97. The van der Waals surface area contributed by atoms with Crippen LogP contribution >= 0.6 is 0 Å². The summed E-state index contributed by atoms with van der Waals surface area (Å²) in [4.78, 5) is 0. The van der Waals surface area contributed by atoms with Gasteiger partial charge in [0.2, 0.25) is 0 Å². The van der Waals surface area contributed by atoms with Gasteiger partial charge in [-0.25, -0.2) is 0 Å². The lowest BCUT2D eigenvalue weighted by atomic mass is 9.83. The van der Waals surface area contributed by atoms with Crippen molar-refractivity contribution in [3.63, 3.8) is 0 Å². The molecule has 0 amide bonds. The molecule has 1 aliphatic rings. The minimum absolute atomic E-state index is 0.245. The van der Waals surface area contributed by atoms with Crippen molar-refractivity contribution in [1.82, 2.24) is 0 Å². The molecule has 1 N–H and O–H groups in total. The van der Waals surface area contributed by atoms with Crippen LogP contribution in [0.25, 0.3) is 0 Å². The van der Waals surface area contributed by atoms with E-state index in [0.717, 1.165) is 19.3 Å². The van der Waals surface area contributed by atoms with E-state index < -0.39 is 5.60 Å². The fourth-order valence-corrected chi connectivity index (χ4v) is 2.02. The van der Waals surface area contributed by atoms with Gasteiger partial charge in [0.05, 0.1) is 12.2 Å². The maximum absolute atomic E-state index is 10.5. The van der Waals surface area contributed by atoms with E-state index in [2.05, 4.69) is 6.92 Å². The summed E-state index contributed by atoms with van der Waals surface area (Å²) in [6, 6.07) is 0. The molecule has 0 spiro atoms. The second-order valence-electron chi connectivity index (χ2n) is 4.38. The normalized spacial score (nSPS) is 23.1. The molecule has 0 aromatic rings. The molecule has 1 rings (SSSR count). The minimum atomic E-state index is -0.632. The van der Waals surface area contributed by atoms with Crippen LogP contribution in [0.3, 0.4) is 0 Å². The first kappa shape index (κ1) is 12.0. The monoisotopic (exact) mass is 202 g/mol. The molecule has 2 unspecified atom stereocenters. The van der Waals surface area contributed by atoms with Gasteiger partial charge in [-0.3, -0.25) is 0 Å². The van der Waals surface area contributed by atoms with Crippen LogP contribution in [0.15, 0.2) is 0 Å².